The van der Waals surface area contributed by atoms with Crippen LogP contribution in [-0.4, -0.2) is 43.1 Å². The Morgan fingerprint density at radius 1 is 1.03 bits per heavy atom. The first-order valence-corrected chi connectivity index (χ1v) is 11.0. The van der Waals surface area contributed by atoms with Gasteiger partial charge in [-0.1, -0.05) is 36.4 Å². The van der Waals surface area contributed by atoms with E-state index in [0.717, 1.165) is 18.5 Å². The number of carbonyl (C=O) groups is 1. The average Bonchev–Trinajstić information content (AvgIpc) is 3.26. The third kappa shape index (κ3) is 3.12. The maximum Gasteiger partial charge on any atom is 0.274 e. The van der Waals surface area contributed by atoms with Gasteiger partial charge < -0.3 is 9.47 Å². The van der Waals surface area contributed by atoms with Gasteiger partial charge in [0.15, 0.2) is 11.3 Å². The third-order valence-electron chi connectivity index (χ3n) is 6.83. The number of amides is 1. The van der Waals surface area contributed by atoms with Crippen molar-refractivity contribution in [3.8, 4) is 0 Å². The summed E-state index contributed by atoms with van der Waals surface area (Å²) in [5.41, 5.74) is 3.35. The highest BCUT2D eigenvalue weighted by Gasteiger charge is 2.42. The molecule has 5 heterocycles. The fraction of sp³-hybridized carbons (Fsp3) is 0.280. The molecule has 160 valence electrons. The van der Waals surface area contributed by atoms with Crippen molar-refractivity contribution >= 4 is 11.6 Å². The molecule has 32 heavy (non-hydrogen) atoms. The summed E-state index contributed by atoms with van der Waals surface area (Å²) in [4.78, 5) is 32.5. The van der Waals surface area contributed by atoms with Crippen LogP contribution >= 0.6 is 0 Å². The SMILES string of the molecule is O=C(c1cc2ncccn2n1)N1C[C@H]2C[C@@H](C1)[C@H](Cc1ccccc1)n1c2cccc1=O. The van der Waals surface area contributed by atoms with Gasteiger partial charge in [0.1, 0.15) is 0 Å². The molecule has 2 aliphatic rings. The predicted molar refractivity (Wildman–Crippen MR) is 120 cm³/mol. The summed E-state index contributed by atoms with van der Waals surface area (Å²) in [6.07, 6.45) is 5.24. The van der Waals surface area contributed by atoms with Gasteiger partial charge >= 0.3 is 0 Å². The van der Waals surface area contributed by atoms with Gasteiger partial charge in [0, 0.05) is 55.3 Å². The van der Waals surface area contributed by atoms with Crippen LogP contribution in [0.4, 0.5) is 0 Å². The first kappa shape index (κ1) is 19.0. The van der Waals surface area contributed by atoms with Crippen molar-refractivity contribution in [3.63, 3.8) is 0 Å². The van der Waals surface area contributed by atoms with E-state index in [4.69, 9.17) is 0 Å². The zero-order valence-corrected chi connectivity index (χ0v) is 17.5. The third-order valence-corrected chi connectivity index (χ3v) is 6.83. The van der Waals surface area contributed by atoms with Crippen molar-refractivity contribution in [2.75, 3.05) is 13.1 Å². The molecule has 1 fully saturated rings. The topological polar surface area (TPSA) is 72.5 Å². The average molecular weight is 425 g/mol. The van der Waals surface area contributed by atoms with Crippen LogP contribution in [0.15, 0.2) is 77.9 Å². The van der Waals surface area contributed by atoms with Gasteiger partial charge in [-0.2, -0.15) is 5.10 Å². The molecule has 2 aliphatic heterocycles. The number of hydrogen-bond donors (Lipinski definition) is 0. The molecule has 0 saturated carbocycles. The normalized spacial score (nSPS) is 22.0. The zero-order chi connectivity index (χ0) is 21.7. The molecule has 6 rings (SSSR count). The molecular weight excluding hydrogens is 402 g/mol. The second-order valence-corrected chi connectivity index (χ2v) is 8.77. The Kier molecular flexibility index (Phi) is 4.41. The largest absolute Gasteiger partial charge is 0.336 e. The number of nitrogens with zero attached hydrogens (tertiary/aromatic N) is 5. The molecule has 0 spiro atoms. The lowest BCUT2D eigenvalue weighted by molar-refractivity contribution is 0.0523. The van der Waals surface area contributed by atoms with E-state index >= 15 is 0 Å². The monoisotopic (exact) mass is 425 g/mol. The van der Waals surface area contributed by atoms with E-state index < -0.39 is 0 Å². The molecule has 7 heteroatoms. The molecule has 0 N–H and O–H groups in total. The van der Waals surface area contributed by atoms with Crippen LogP contribution in [0.25, 0.3) is 5.65 Å². The Bertz CT molecular complexity index is 1330. The molecule has 0 aliphatic carbocycles. The van der Waals surface area contributed by atoms with Crippen LogP contribution in [0.5, 0.6) is 0 Å². The zero-order valence-electron chi connectivity index (χ0n) is 17.5. The maximum atomic E-state index is 13.4. The molecule has 0 radical (unpaired) electrons. The van der Waals surface area contributed by atoms with Crippen molar-refractivity contribution in [2.45, 2.75) is 24.8 Å². The minimum atomic E-state index is -0.0737. The molecule has 3 atom stereocenters. The Morgan fingerprint density at radius 3 is 2.75 bits per heavy atom. The summed E-state index contributed by atoms with van der Waals surface area (Å²) in [6, 6.07) is 19.4. The highest BCUT2D eigenvalue weighted by atomic mass is 16.2. The van der Waals surface area contributed by atoms with Gasteiger partial charge in [0.2, 0.25) is 0 Å². The Labute approximate surface area is 184 Å². The van der Waals surface area contributed by atoms with Gasteiger partial charge in [-0.15, -0.1) is 0 Å². The van der Waals surface area contributed by atoms with Crippen molar-refractivity contribution in [1.29, 1.82) is 0 Å². The van der Waals surface area contributed by atoms with Gasteiger partial charge in [-0.05, 0) is 36.5 Å². The summed E-state index contributed by atoms with van der Waals surface area (Å²) >= 11 is 0. The summed E-state index contributed by atoms with van der Waals surface area (Å²) in [5.74, 6) is 0.282. The summed E-state index contributed by atoms with van der Waals surface area (Å²) in [5, 5.41) is 4.43. The number of fused-ring (bicyclic) bond motifs is 5. The van der Waals surface area contributed by atoms with Crippen LogP contribution in [0, 0.1) is 5.92 Å². The fourth-order valence-corrected chi connectivity index (χ4v) is 5.42. The summed E-state index contributed by atoms with van der Waals surface area (Å²) in [6.45, 7) is 1.22. The van der Waals surface area contributed by atoms with Gasteiger partial charge in [-0.3, -0.25) is 9.59 Å². The van der Waals surface area contributed by atoms with E-state index in [1.807, 2.05) is 39.8 Å². The molecule has 2 bridgehead atoms. The number of pyridine rings is 1. The summed E-state index contributed by atoms with van der Waals surface area (Å²) < 4.78 is 3.62. The molecule has 0 unspecified atom stereocenters. The second kappa shape index (κ2) is 7.44. The minimum absolute atomic E-state index is 0.0238. The first-order chi connectivity index (χ1) is 15.7. The quantitative estimate of drug-likeness (QED) is 0.506. The lowest BCUT2D eigenvalue weighted by atomic mass is 9.76. The van der Waals surface area contributed by atoms with Crippen molar-refractivity contribution in [1.82, 2.24) is 24.1 Å². The number of piperidine rings is 1. The van der Waals surface area contributed by atoms with Gasteiger partial charge in [0.05, 0.1) is 0 Å². The number of aromatic nitrogens is 4. The summed E-state index contributed by atoms with van der Waals surface area (Å²) in [7, 11) is 0. The smallest absolute Gasteiger partial charge is 0.274 e. The Hall–Kier alpha value is -3.74. The van der Waals surface area contributed by atoms with Crippen molar-refractivity contribution < 1.29 is 4.79 Å². The highest BCUT2D eigenvalue weighted by molar-refractivity contribution is 5.93. The van der Waals surface area contributed by atoms with E-state index in [9.17, 15) is 9.59 Å². The molecule has 1 aromatic carbocycles. The number of benzene rings is 1. The first-order valence-electron chi connectivity index (χ1n) is 11.0. The predicted octanol–water partition coefficient (Wildman–Crippen LogP) is 2.93. The lowest BCUT2D eigenvalue weighted by Gasteiger charge is -2.47. The van der Waals surface area contributed by atoms with Crippen LogP contribution in [0.3, 0.4) is 0 Å². The minimum Gasteiger partial charge on any atom is -0.336 e. The number of carbonyl (C=O) groups excluding carboxylic acids is 1. The Morgan fingerprint density at radius 2 is 1.91 bits per heavy atom. The molecule has 7 nitrogen and oxygen atoms in total. The van der Waals surface area contributed by atoms with Crippen molar-refractivity contribution in [3.05, 3.63) is 100 Å². The van der Waals surface area contributed by atoms with Crippen LogP contribution in [0.1, 0.15) is 40.1 Å². The molecule has 4 aromatic rings. The molecule has 1 saturated heterocycles. The van der Waals surface area contributed by atoms with E-state index in [-0.39, 0.29) is 29.3 Å². The maximum absolute atomic E-state index is 13.4. The van der Waals surface area contributed by atoms with E-state index in [1.165, 1.54) is 5.56 Å². The van der Waals surface area contributed by atoms with E-state index in [1.54, 1.807) is 35.1 Å². The van der Waals surface area contributed by atoms with E-state index in [0.29, 0.717) is 24.4 Å². The number of rotatable bonds is 3. The Balaban J connectivity index is 1.36. The van der Waals surface area contributed by atoms with Crippen molar-refractivity contribution in [2.24, 2.45) is 5.92 Å². The molecular formula is C25H23N5O2. The number of hydrogen-bond acceptors (Lipinski definition) is 4. The van der Waals surface area contributed by atoms with E-state index in [2.05, 4.69) is 22.2 Å². The van der Waals surface area contributed by atoms with Crippen LogP contribution in [-0.2, 0) is 6.42 Å². The standard InChI is InChI=1S/C25H23N5O2/c31-24-9-4-8-21-18-13-19(22(30(21)24)12-17-6-2-1-3-7-17)16-28(15-18)25(32)20-14-23-26-10-5-11-29(23)27-20/h1-11,14,18-19,22H,12-13,15-16H2/t18-,19+,22+/m1/s1. The van der Waals surface area contributed by atoms with Gasteiger partial charge in [0.25, 0.3) is 11.5 Å². The molecule has 3 aromatic heterocycles. The fourth-order valence-electron chi connectivity index (χ4n) is 5.42. The van der Waals surface area contributed by atoms with Gasteiger partial charge in [-0.25, -0.2) is 9.50 Å². The highest BCUT2D eigenvalue weighted by Crippen LogP contribution is 2.42. The molecule has 1 amide bonds. The lowest BCUT2D eigenvalue weighted by Crippen LogP contribution is -2.51. The van der Waals surface area contributed by atoms with Crippen LogP contribution < -0.4 is 5.56 Å². The second-order valence-electron chi connectivity index (χ2n) is 8.77. The number of likely N-dealkylation sites (tertiary alicyclic amines) is 1. The van der Waals surface area contributed by atoms with Crippen LogP contribution in [0.2, 0.25) is 0 Å².